The van der Waals surface area contributed by atoms with Gasteiger partial charge in [-0.25, -0.2) is 4.39 Å². The fraction of sp³-hybridized carbons (Fsp3) is 0.222. The molecule has 0 saturated carbocycles. The summed E-state index contributed by atoms with van der Waals surface area (Å²) in [4.78, 5) is 23.7. The second-order valence-corrected chi connectivity index (χ2v) is 6.07. The number of hydrogen-bond donors (Lipinski definition) is 1. The van der Waals surface area contributed by atoms with E-state index in [1.807, 2.05) is 12.1 Å². The average molecular weight is 378 g/mol. The number of benzene rings is 2. The van der Waals surface area contributed by atoms with Crippen LogP contribution in [0.5, 0.6) is 0 Å². The van der Waals surface area contributed by atoms with Gasteiger partial charge in [0.15, 0.2) is 5.78 Å². The molecule has 1 amide bonds. The van der Waals surface area contributed by atoms with E-state index in [0.29, 0.717) is 24.0 Å². The van der Waals surface area contributed by atoms with E-state index in [-0.39, 0.29) is 30.5 Å². The topological polar surface area (TPSA) is 46.2 Å². The highest BCUT2D eigenvalue weighted by Crippen LogP contribution is 2.13. The van der Waals surface area contributed by atoms with E-state index in [1.165, 1.54) is 6.07 Å². The van der Waals surface area contributed by atoms with E-state index in [2.05, 4.69) is 21.2 Å². The lowest BCUT2D eigenvalue weighted by Crippen LogP contribution is -2.23. The molecule has 0 heterocycles. The van der Waals surface area contributed by atoms with Gasteiger partial charge < -0.3 is 5.32 Å². The molecule has 1 N–H and O–H groups in total. The summed E-state index contributed by atoms with van der Waals surface area (Å²) >= 11 is 3.32. The molecule has 0 unspecified atom stereocenters. The highest BCUT2D eigenvalue weighted by atomic mass is 79.9. The summed E-state index contributed by atoms with van der Waals surface area (Å²) in [6.07, 6.45) is 1.03. The smallest absolute Gasteiger partial charge is 0.220 e. The first kappa shape index (κ1) is 17.3. The standard InChI is InChI=1S/C18H17BrFNO2/c19-15-10-8-13(9-11-15)17(22)6-3-7-18(23)21-12-14-4-1-2-5-16(14)20/h1-2,4-5,8-11H,3,6-7,12H2,(H,21,23). The summed E-state index contributed by atoms with van der Waals surface area (Å²) < 4.78 is 14.3. The van der Waals surface area contributed by atoms with Crippen molar-refractivity contribution in [3.05, 3.63) is 69.9 Å². The third-order valence-electron chi connectivity index (χ3n) is 3.41. The van der Waals surface area contributed by atoms with Crippen LogP contribution in [0.15, 0.2) is 53.0 Å². The zero-order valence-corrected chi connectivity index (χ0v) is 14.1. The van der Waals surface area contributed by atoms with Gasteiger partial charge in [0.25, 0.3) is 0 Å². The van der Waals surface area contributed by atoms with Crippen LogP contribution in [0, 0.1) is 5.82 Å². The molecule has 0 fully saturated rings. The molecular weight excluding hydrogens is 361 g/mol. The van der Waals surface area contributed by atoms with E-state index in [9.17, 15) is 14.0 Å². The first-order valence-electron chi connectivity index (χ1n) is 7.35. The Bertz CT molecular complexity index is 686. The van der Waals surface area contributed by atoms with Gasteiger partial charge in [-0.1, -0.05) is 46.3 Å². The minimum atomic E-state index is -0.335. The zero-order valence-electron chi connectivity index (χ0n) is 12.5. The van der Waals surface area contributed by atoms with Crippen molar-refractivity contribution in [2.75, 3.05) is 0 Å². The third kappa shape index (κ3) is 5.60. The number of nitrogens with one attached hydrogen (secondary N) is 1. The molecule has 0 aliphatic rings. The van der Waals surface area contributed by atoms with Gasteiger partial charge in [-0.05, 0) is 24.6 Å². The highest BCUT2D eigenvalue weighted by Gasteiger charge is 2.08. The van der Waals surface area contributed by atoms with E-state index < -0.39 is 0 Å². The highest BCUT2D eigenvalue weighted by molar-refractivity contribution is 9.10. The summed E-state index contributed by atoms with van der Waals surface area (Å²) in [6, 6.07) is 13.5. The number of carbonyl (C=O) groups is 2. The lowest BCUT2D eigenvalue weighted by atomic mass is 10.1. The van der Waals surface area contributed by atoms with Gasteiger partial charge >= 0.3 is 0 Å². The minimum Gasteiger partial charge on any atom is -0.352 e. The lowest BCUT2D eigenvalue weighted by molar-refractivity contribution is -0.121. The maximum absolute atomic E-state index is 13.4. The van der Waals surface area contributed by atoms with Crippen molar-refractivity contribution in [3.8, 4) is 0 Å². The van der Waals surface area contributed by atoms with Gasteiger partial charge in [0, 0.05) is 35.0 Å². The lowest BCUT2D eigenvalue weighted by Gasteiger charge is -2.06. The van der Waals surface area contributed by atoms with E-state index in [0.717, 1.165) is 4.47 Å². The maximum Gasteiger partial charge on any atom is 0.220 e. The molecule has 0 aromatic heterocycles. The van der Waals surface area contributed by atoms with Crippen LogP contribution in [-0.2, 0) is 11.3 Å². The summed E-state index contributed by atoms with van der Waals surface area (Å²) in [5.74, 6) is -0.505. The molecule has 0 saturated heterocycles. The van der Waals surface area contributed by atoms with Gasteiger partial charge in [0.1, 0.15) is 5.82 Å². The molecule has 2 rings (SSSR count). The van der Waals surface area contributed by atoms with Crippen LogP contribution in [0.3, 0.4) is 0 Å². The van der Waals surface area contributed by atoms with E-state index in [4.69, 9.17) is 0 Å². The molecule has 3 nitrogen and oxygen atoms in total. The molecule has 23 heavy (non-hydrogen) atoms. The second kappa shape index (κ2) is 8.58. The largest absolute Gasteiger partial charge is 0.352 e. The molecule has 0 radical (unpaired) electrons. The van der Waals surface area contributed by atoms with Crippen molar-refractivity contribution >= 4 is 27.6 Å². The predicted molar refractivity (Wildman–Crippen MR) is 90.6 cm³/mol. The summed E-state index contributed by atoms with van der Waals surface area (Å²) in [7, 11) is 0. The summed E-state index contributed by atoms with van der Waals surface area (Å²) in [5, 5.41) is 2.66. The fourth-order valence-corrected chi connectivity index (χ4v) is 2.38. The van der Waals surface area contributed by atoms with Gasteiger partial charge in [0.05, 0.1) is 0 Å². The molecule has 0 aliphatic heterocycles. The van der Waals surface area contributed by atoms with Crippen molar-refractivity contribution in [1.29, 1.82) is 0 Å². The van der Waals surface area contributed by atoms with Crippen molar-refractivity contribution in [3.63, 3.8) is 0 Å². The molecule has 2 aromatic rings. The zero-order chi connectivity index (χ0) is 16.7. The summed E-state index contributed by atoms with van der Waals surface area (Å²) in [5.41, 5.74) is 1.09. The van der Waals surface area contributed by atoms with Crippen LogP contribution in [-0.4, -0.2) is 11.7 Å². The van der Waals surface area contributed by atoms with Crippen molar-refractivity contribution < 1.29 is 14.0 Å². The Morgan fingerprint density at radius 2 is 1.70 bits per heavy atom. The Morgan fingerprint density at radius 3 is 2.39 bits per heavy atom. The number of halogens is 2. The Balaban J connectivity index is 1.71. The molecule has 120 valence electrons. The minimum absolute atomic E-state index is 0.0133. The van der Waals surface area contributed by atoms with Crippen LogP contribution in [0.25, 0.3) is 0 Å². The number of hydrogen-bond acceptors (Lipinski definition) is 2. The SMILES string of the molecule is O=C(CCCC(=O)c1ccc(Br)cc1)NCc1ccccc1F. The Kier molecular flexibility index (Phi) is 6.47. The van der Waals surface area contributed by atoms with Gasteiger partial charge in [0.2, 0.25) is 5.91 Å². The second-order valence-electron chi connectivity index (χ2n) is 5.15. The van der Waals surface area contributed by atoms with Crippen molar-refractivity contribution in [2.24, 2.45) is 0 Å². The van der Waals surface area contributed by atoms with Gasteiger partial charge in [-0.15, -0.1) is 0 Å². The van der Waals surface area contributed by atoms with E-state index in [1.54, 1.807) is 30.3 Å². The van der Waals surface area contributed by atoms with Gasteiger partial charge in [-0.3, -0.25) is 9.59 Å². The van der Waals surface area contributed by atoms with Crippen LogP contribution in [0.2, 0.25) is 0 Å². The van der Waals surface area contributed by atoms with E-state index >= 15 is 0 Å². The van der Waals surface area contributed by atoms with Crippen LogP contribution in [0.4, 0.5) is 4.39 Å². The van der Waals surface area contributed by atoms with Crippen LogP contribution < -0.4 is 5.32 Å². The molecule has 5 heteroatoms. The monoisotopic (exact) mass is 377 g/mol. The molecule has 0 bridgehead atoms. The molecular formula is C18H17BrFNO2. The number of rotatable bonds is 7. The van der Waals surface area contributed by atoms with Crippen molar-refractivity contribution in [1.82, 2.24) is 5.32 Å². The quantitative estimate of drug-likeness (QED) is 0.732. The Morgan fingerprint density at radius 1 is 1.00 bits per heavy atom. The van der Waals surface area contributed by atoms with Crippen molar-refractivity contribution in [2.45, 2.75) is 25.8 Å². The molecule has 0 aliphatic carbocycles. The van der Waals surface area contributed by atoms with Crippen LogP contribution in [0.1, 0.15) is 35.2 Å². The maximum atomic E-state index is 13.4. The number of amides is 1. The molecule has 0 atom stereocenters. The third-order valence-corrected chi connectivity index (χ3v) is 3.94. The summed E-state index contributed by atoms with van der Waals surface area (Å²) in [6.45, 7) is 0.159. The molecule has 2 aromatic carbocycles. The first-order chi connectivity index (χ1) is 11.1. The predicted octanol–water partition coefficient (Wildman–Crippen LogP) is 4.26. The molecule has 0 spiro atoms. The first-order valence-corrected chi connectivity index (χ1v) is 8.14. The number of carbonyl (C=O) groups excluding carboxylic acids is 2. The Hall–Kier alpha value is -2.01. The number of ketones is 1. The fourth-order valence-electron chi connectivity index (χ4n) is 2.11. The average Bonchev–Trinajstić information content (AvgIpc) is 2.54. The van der Waals surface area contributed by atoms with Crippen LogP contribution >= 0.6 is 15.9 Å². The Labute approximate surface area is 143 Å². The normalized spacial score (nSPS) is 10.3. The number of Topliss-reactive ketones (excluding diaryl/α,β-unsaturated/α-hetero) is 1. The van der Waals surface area contributed by atoms with Gasteiger partial charge in [-0.2, -0.15) is 0 Å².